The maximum absolute atomic E-state index is 12.6. The van der Waals surface area contributed by atoms with E-state index < -0.39 is 0 Å². The summed E-state index contributed by atoms with van der Waals surface area (Å²) >= 11 is 1.62. The average molecular weight is 275 g/mol. The monoisotopic (exact) mass is 275 g/mol. The van der Waals surface area contributed by atoms with Crippen LogP contribution in [0.1, 0.15) is 41.9 Å². The van der Waals surface area contributed by atoms with Crippen LogP contribution in [0.15, 0.2) is 24.3 Å². The molecular formula is C16H21NOS. The van der Waals surface area contributed by atoms with Crippen LogP contribution in [-0.2, 0) is 0 Å². The summed E-state index contributed by atoms with van der Waals surface area (Å²) in [6, 6.07) is 8.25. The molecule has 0 aliphatic rings. The fraction of sp³-hybridized carbons (Fsp3) is 0.438. The average Bonchev–Trinajstić information content (AvgIpc) is 2.77. The predicted molar refractivity (Wildman–Crippen MR) is 83.0 cm³/mol. The largest absolute Gasteiger partial charge is 0.338 e. The highest BCUT2D eigenvalue weighted by Gasteiger charge is 2.19. The van der Waals surface area contributed by atoms with Crippen molar-refractivity contribution < 1.29 is 4.79 Å². The summed E-state index contributed by atoms with van der Waals surface area (Å²) in [5.74, 6) is 0.189. The van der Waals surface area contributed by atoms with Crippen molar-refractivity contribution in [3.8, 4) is 0 Å². The molecule has 19 heavy (non-hydrogen) atoms. The number of unbranched alkanes of at least 4 members (excludes halogenated alkanes) is 1. The zero-order valence-electron chi connectivity index (χ0n) is 11.9. The first-order valence-corrected chi connectivity index (χ1v) is 7.78. The number of amides is 1. The summed E-state index contributed by atoms with van der Waals surface area (Å²) < 4.78 is 1.20. The minimum atomic E-state index is 0.189. The first-order chi connectivity index (χ1) is 9.19. The summed E-state index contributed by atoms with van der Waals surface area (Å²) in [6.07, 6.45) is 2.19. The van der Waals surface area contributed by atoms with E-state index in [2.05, 4.69) is 32.9 Å². The van der Waals surface area contributed by atoms with E-state index in [1.807, 2.05) is 17.0 Å². The smallest absolute Gasteiger partial charge is 0.264 e. The third-order valence-electron chi connectivity index (χ3n) is 3.49. The van der Waals surface area contributed by atoms with Gasteiger partial charge in [-0.3, -0.25) is 4.79 Å². The molecule has 2 rings (SSSR count). The second-order valence-corrected chi connectivity index (χ2v) is 5.84. The Morgan fingerprint density at radius 1 is 1.26 bits per heavy atom. The molecule has 0 saturated heterocycles. The van der Waals surface area contributed by atoms with Crippen LogP contribution in [-0.4, -0.2) is 23.9 Å². The van der Waals surface area contributed by atoms with Crippen molar-refractivity contribution >= 4 is 27.3 Å². The van der Waals surface area contributed by atoms with Gasteiger partial charge in [0.25, 0.3) is 5.91 Å². The summed E-state index contributed by atoms with van der Waals surface area (Å²) in [6.45, 7) is 7.91. The van der Waals surface area contributed by atoms with E-state index in [9.17, 15) is 4.79 Å². The van der Waals surface area contributed by atoms with Gasteiger partial charge in [-0.15, -0.1) is 11.3 Å². The first kappa shape index (κ1) is 14.1. The number of benzene rings is 1. The molecule has 2 nitrogen and oxygen atoms in total. The van der Waals surface area contributed by atoms with Gasteiger partial charge in [0.2, 0.25) is 0 Å². The van der Waals surface area contributed by atoms with Crippen LogP contribution < -0.4 is 0 Å². The first-order valence-electron chi connectivity index (χ1n) is 6.96. The zero-order chi connectivity index (χ0) is 13.8. The topological polar surface area (TPSA) is 20.3 Å². The number of rotatable bonds is 5. The van der Waals surface area contributed by atoms with Crippen LogP contribution in [0.2, 0.25) is 0 Å². The summed E-state index contributed by atoms with van der Waals surface area (Å²) in [5, 5.41) is 1.21. The Morgan fingerprint density at radius 2 is 2.00 bits per heavy atom. The van der Waals surface area contributed by atoms with Crippen LogP contribution in [0, 0.1) is 6.92 Å². The Labute approximate surface area is 119 Å². The minimum Gasteiger partial charge on any atom is -0.338 e. The molecule has 0 fully saturated rings. The van der Waals surface area contributed by atoms with Crippen LogP contribution in [0.25, 0.3) is 10.1 Å². The van der Waals surface area contributed by atoms with Gasteiger partial charge in [0, 0.05) is 17.8 Å². The molecule has 0 radical (unpaired) electrons. The molecule has 0 aliphatic heterocycles. The number of carbonyl (C=O) groups is 1. The van der Waals surface area contributed by atoms with Crippen molar-refractivity contribution in [1.82, 2.24) is 4.90 Å². The Hall–Kier alpha value is -1.35. The van der Waals surface area contributed by atoms with Crippen molar-refractivity contribution in [2.45, 2.75) is 33.6 Å². The fourth-order valence-electron chi connectivity index (χ4n) is 2.27. The number of hydrogen-bond donors (Lipinski definition) is 0. The van der Waals surface area contributed by atoms with Crippen molar-refractivity contribution in [2.24, 2.45) is 0 Å². The zero-order valence-corrected chi connectivity index (χ0v) is 12.7. The second kappa shape index (κ2) is 6.20. The van der Waals surface area contributed by atoms with Crippen LogP contribution >= 0.6 is 11.3 Å². The molecule has 0 saturated carbocycles. The van der Waals surface area contributed by atoms with Crippen molar-refractivity contribution in [3.05, 3.63) is 34.7 Å². The fourth-order valence-corrected chi connectivity index (χ4v) is 3.45. The number of hydrogen-bond acceptors (Lipinski definition) is 2. The maximum atomic E-state index is 12.6. The highest BCUT2D eigenvalue weighted by atomic mass is 32.1. The van der Waals surface area contributed by atoms with Gasteiger partial charge in [-0.25, -0.2) is 0 Å². The van der Waals surface area contributed by atoms with Gasteiger partial charge in [0.15, 0.2) is 0 Å². The Morgan fingerprint density at radius 3 is 2.63 bits per heavy atom. The highest BCUT2D eigenvalue weighted by Crippen LogP contribution is 2.31. The minimum absolute atomic E-state index is 0.189. The van der Waals surface area contributed by atoms with Gasteiger partial charge in [0.1, 0.15) is 0 Å². The van der Waals surface area contributed by atoms with Gasteiger partial charge >= 0.3 is 0 Å². The molecule has 1 aromatic carbocycles. The SMILES string of the molecule is CCCCN(CC)C(=O)c1sc2ccccc2c1C. The van der Waals surface area contributed by atoms with Gasteiger partial charge in [-0.1, -0.05) is 31.5 Å². The van der Waals surface area contributed by atoms with Crippen LogP contribution in [0.3, 0.4) is 0 Å². The summed E-state index contributed by atoms with van der Waals surface area (Å²) in [5.41, 5.74) is 1.13. The summed E-state index contributed by atoms with van der Waals surface area (Å²) in [7, 11) is 0. The molecule has 1 aromatic heterocycles. The van der Waals surface area contributed by atoms with Gasteiger partial charge < -0.3 is 4.90 Å². The summed E-state index contributed by atoms with van der Waals surface area (Å²) in [4.78, 5) is 15.5. The Balaban J connectivity index is 2.32. The lowest BCUT2D eigenvalue weighted by Gasteiger charge is -2.20. The molecule has 0 spiro atoms. The lowest BCUT2D eigenvalue weighted by atomic mass is 10.1. The molecule has 0 N–H and O–H groups in total. The van der Waals surface area contributed by atoms with Crippen molar-refractivity contribution in [2.75, 3.05) is 13.1 Å². The van der Waals surface area contributed by atoms with Crippen molar-refractivity contribution in [1.29, 1.82) is 0 Å². The number of fused-ring (bicyclic) bond motifs is 1. The maximum Gasteiger partial charge on any atom is 0.264 e. The Kier molecular flexibility index (Phi) is 4.59. The van der Waals surface area contributed by atoms with E-state index in [1.165, 1.54) is 10.1 Å². The predicted octanol–water partition coefficient (Wildman–Crippen LogP) is 4.47. The number of carbonyl (C=O) groups excluding carboxylic acids is 1. The molecule has 2 aromatic rings. The quantitative estimate of drug-likeness (QED) is 0.788. The molecule has 1 amide bonds. The molecule has 0 atom stereocenters. The Bertz CT molecular complexity index is 573. The standard InChI is InChI=1S/C16H21NOS/c1-4-6-11-17(5-2)16(18)15-12(3)13-9-7-8-10-14(13)19-15/h7-10H,4-6,11H2,1-3H3. The van der Waals surface area contributed by atoms with Crippen molar-refractivity contribution in [3.63, 3.8) is 0 Å². The molecule has 0 unspecified atom stereocenters. The van der Waals surface area contributed by atoms with Gasteiger partial charge in [0.05, 0.1) is 4.88 Å². The number of nitrogens with zero attached hydrogens (tertiary/aromatic N) is 1. The van der Waals surface area contributed by atoms with E-state index in [4.69, 9.17) is 0 Å². The third kappa shape index (κ3) is 2.81. The second-order valence-electron chi connectivity index (χ2n) is 4.79. The van der Waals surface area contributed by atoms with Gasteiger partial charge in [-0.05, 0) is 37.3 Å². The van der Waals surface area contributed by atoms with Gasteiger partial charge in [-0.2, -0.15) is 0 Å². The highest BCUT2D eigenvalue weighted by molar-refractivity contribution is 7.21. The van der Waals surface area contributed by atoms with E-state index in [-0.39, 0.29) is 5.91 Å². The molecular weight excluding hydrogens is 254 g/mol. The molecule has 102 valence electrons. The molecule has 3 heteroatoms. The van der Waals surface area contributed by atoms with E-state index in [0.717, 1.165) is 36.4 Å². The number of aryl methyl sites for hydroxylation is 1. The number of thiophene rings is 1. The lowest BCUT2D eigenvalue weighted by molar-refractivity contribution is 0.0766. The van der Waals surface area contributed by atoms with Crippen LogP contribution in [0.5, 0.6) is 0 Å². The normalized spacial score (nSPS) is 10.9. The van der Waals surface area contributed by atoms with E-state index in [1.54, 1.807) is 11.3 Å². The molecule has 0 aliphatic carbocycles. The van der Waals surface area contributed by atoms with E-state index in [0.29, 0.717) is 0 Å². The molecule has 0 bridgehead atoms. The third-order valence-corrected chi connectivity index (χ3v) is 4.75. The lowest BCUT2D eigenvalue weighted by Crippen LogP contribution is -2.31. The van der Waals surface area contributed by atoms with Crippen LogP contribution in [0.4, 0.5) is 0 Å². The van der Waals surface area contributed by atoms with E-state index >= 15 is 0 Å². The molecule has 1 heterocycles.